The Labute approximate surface area is 161 Å². The van der Waals surface area contributed by atoms with E-state index in [2.05, 4.69) is 15.1 Å². The minimum atomic E-state index is 0.0672. The SMILES string of the molecule is C[C@@H]1CN(C(=O)CSc2ncnc3c2cnn3-c2ccccc2)C[C@H](C)O1. The Bertz CT molecular complexity index is 936. The van der Waals surface area contributed by atoms with Gasteiger partial charge in [0.25, 0.3) is 0 Å². The van der Waals surface area contributed by atoms with Gasteiger partial charge in [-0.1, -0.05) is 30.0 Å². The molecule has 0 N–H and O–H groups in total. The van der Waals surface area contributed by atoms with Crippen LogP contribution in [0.1, 0.15) is 13.8 Å². The number of ether oxygens (including phenoxy) is 1. The van der Waals surface area contributed by atoms with Crippen LogP contribution in [0.25, 0.3) is 16.7 Å². The Morgan fingerprint density at radius 1 is 1.19 bits per heavy atom. The molecule has 0 spiro atoms. The molecule has 0 radical (unpaired) electrons. The Kier molecular flexibility index (Phi) is 5.09. The molecule has 2 aromatic heterocycles. The number of rotatable bonds is 4. The lowest BCUT2D eigenvalue weighted by atomic mass is 10.2. The fourth-order valence-electron chi connectivity index (χ4n) is 3.30. The predicted molar refractivity (Wildman–Crippen MR) is 104 cm³/mol. The number of thioether (sulfide) groups is 1. The van der Waals surface area contributed by atoms with E-state index < -0.39 is 0 Å². The number of hydrogen-bond acceptors (Lipinski definition) is 6. The Hall–Kier alpha value is -2.45. The summed E-state index contributed by atoms with van der Waals surface area (Å²) in [4.78, 5) is 23.2. The van der Waals surface area contributed by atoms with Gasteiger partial charge in [-0.25, -0.2) is 14.6 Å². The summed E-state index contributed by atoms with van der Waals surface area (Å²) in [5.74, 6) is 0.437. The van der Waals surface area contributed by atoms with Gasteiger partial charge in [0.15, 0.2) is 5.65 Å². The molecule has 4 rings (SSSR count). The van der Waals surface area contributed by atoms with Crippen molar-refractivity contribution in [3.05, 3.63) is 42.9 Å². The molecule has 1 aliphatic heterocycles. The summed E-state index contributed by atoms with van der Waals surface area (Å²) in [7, 11) is 0. The summed E-state index contributed by atoms with van der Waals surface area (Å²) in [6, 6.07) is 9.84. The monoisotopic (exact) mass is 383 g/mol. The van der Waals surface area contributed by atoms with E-state index in [-0.39, 0.29) is 18.1 Å². The molecule has 3 aromatic rings. The number of carbonyl (C=O) groups is 1. The van der Waals surface area contributed by atoms with E-state index >= 15 is 0 Å². The van der Waals surface area contributed by atoms with Gasteiger partial charge in [-0.2, -0.15) is 5.10 Å². The zero-order valence-corrected chi connectivity index (χ0v) is 16.1. The van der Waals surface area contributed by atoms with Crippen molar-refractivity contribution in [2.45, 2.75) is 31.1 Å². The Morgan fingerprint density at radius 3 is 2.67 bits per heavy atom. The quantitative estimate of drug-likeness (QED) is 0.509. The third-order valence-electron chi connectivity index (χ3n) is 4.43. The number of carbonyl (C=O) groups excluding carboxylic acids is 1. The third kappa shape index (κ3) is 3.81. The van der Waals surface area contributed by atoms with Crippen LogP contribution in [-0.4, -0.2) is 61.6 Å². The lowest BCUT2D eigenvalue weighted by Gasteiger charge is -2.35. The molecule has 1 amide bonds. The molecule has 0 aliphatic carbocycles. The minimum Gasteiger partial charge on any atom is -0.372 e. The van der Waals surface area contributed by atoms with E-state index in [1.807, 2.05) is 49.1 Å². The van der Waals surface area contributed by atoms with Crippen molar-refractivity contribution in [2.24, 2.45) is 0 Å². The first-order chi connectivity index (χ1) is 13.1. The fourth-order valence-corrected chi connectivity index (χ4v) is 4.16. The average molecular weight is 383 g/mol. The van der Waals surface area contributed by atoms with Crippen molar-refractivity contribution in [1.82, 2.24) is 24.6 Å². The van der Waals surface area contributed by atoms with Crippen molar-refractivity contribution in [1.29, 1.82) is 0 Å². The van der Waals surface area contributed by atoms with E-state index in [0.29, 0.717) is 18.8 Å². The zero-order chi connectivity index (χ0) is 18.8. The molecule has 3 heterocycles. The van der Waals surface area contributed by atoms with Gasteiger partial charge in [0.1, 0.15) is 11.4 Å². The largest absolute Gasteiger partial charge is 0.372 e. The zero-order valence-electron chi connectivity index (χ0n) is 15.3. The summed E-state index contributed by atoms with van der Waals surface area (Å²) < 4.78 is 7.49. The van der Waals surface area contributed by atoms with Gasteiger partial charge in [0, 0.05) is 13.1 Å². The molecular formula is C19H21N5O2S. The van der Waals surface area contributed by atoms with E-state index in [1.165, 1.54) is 18.1 Å². The van der Waals surface area contributed by atoms with Crippen molar-refractivity contribution < 1.29 is 9.53 Å². The normalized spacial score (nSPS) is 20.1. The number of amides is 1. The lowest BCUT2D eigenvalue weighted by Crippen LogP contribution is -2.48. The number of fused-ring (bicyclic) bond motifs is 1. The molecule has 8 heteroatoms. The summed E-state index contributed by atoms with van der Waals surface area (Å²) >= 11 is 1.43. The standard InChI is InChI=1S/C19H21N5O2S/c1-13-9-23(10-14(2)26-13)17(25)11-27-19-16-8-22-24(18(16)20-12-21-19)15-6-4-3-5-7-15/h3-8,12-14H,9-11H2,1-2H3/t13-,14+. The number of para-hydroxylation sites is 1. The molecule has 7 nitrogen and oxygen atoms in total. The van der Waals surface area contributed by atoms with Crippen LogP contribution >= 0.6 is 11.8 Å². The van der Waals surface area contributed by atoms with Gasteiger partial charge >= 0.3 is 0 Å². The molecule has 140 valence electrons. The second-order valence-corrected chi connectivity index (χ2v) is 7.62. The van der Waals surface area contributed by atoms with Crippen LogP contribution in [0.5, 0.6) is 0 Å². The maximum Gasteiger partial charge on any atom is 0.233 e. The highest BCUT2D eigenvalue weighted by Crippen LogP contribution is 2.26. The van der Waals surface area contributed by atoms with Crippen LogP contribution in [0.4, 0.5) is 0 Å². The maximum absolute atomic E-state index is 12.6. The van der Waals surface area contributed by atoms with E-state index in [1.54, 1.807) is 10.9 Å². The molecule has 1 aliphatic rings. The van der Waals surface area contributed by atoms with Gasteiger partial charge in [-0.05, 0) is 26.0 Å². The highest BCUT2D eigenvalue weighted by atomic mass is 32.2. The summed E-state index contributed by atoms with van der Waals surface area (Å²) in [5, 5.41) is 6.07. The first kappa shape index (κ1) is 17.9. The number of benzene rings is 1. The maximum atomic E-state index is 12.6. The predicted octanol–water partition coefficient (Wildman–Crippen LogP) is 2.54. The van der Waals surface area contributed by atoms with Gasteiger partial charge in [-0.15, -0.1) is 0 Å². The Morgan fingerprint density at radius 2 is 1.93 bits per heavy atom. The third-order valence-corrected chi connectivity index (χ3v) is 5.42. The van der Waals surface area contributed by atoms with Crippen LogP contribution in [-0.2, 0) is 9.53 Å². The second kappa shape index (κ2) is 7.66. The first-order valence-electron chi connectivity index (χ1n) is 8.92. The van der Waals surface area contributed by atoms with Crippen LogP contribution in [0.15, 0.2) is 47.9 Å². The molecule has 0 bridgehead atoms. The highest BCUT2D eigenvalue weighted by Gasteiger charge is 2.26. The first-order valence-corrected chi connectivity index (χ1v) is 9.90. The molecule has 27 heavy (non-hydrogen) atoms. The highest BCUT2D eigenvalue weighted by molar-refractivity contribution is 8.00. The van der Waals surface area contributed by atoms with Crippen LogP contribution in [0.3, 0.4) is 0 Å². The van der Waals surface area contributed by atoms with E-state index in [4.69, 9.17) is 4.74 Å². The number of morpholine rings is 1. The van der Waals surface area contributed by atoms with Gasteiger partial charge in [0.2, 0.25) is 5.91 Å². The van der Waals surface area contributed by atoms with Gasteiger partial charge in [0.05, 0.1) is 35.2 Å². The summed E-state index contributed by atoms with van der Waals surface area (Å²) in [5.41, 5.74) is 1.68. The van der Waals surface area contributed by atoms with Crippen molar-refractivity contribution in [2.75, 3.05) is 18.8 Å². The number of nitrogens with zero attached hydrogens (tertiary/aromatic N) is 5. The minimum absolute atomic E-state index is 0.0672. The number of hydrogen-bond donors (Lipinski definition) is 0. The molecule has 0 unspecified atom stereocenters. The van der Waals surface area contributed by atoms with Gasteiger partial charge in [-0.3, -0.25) is 4.79 Å². The fraction of sp³-hybridized carbons (Fsp3) is 0.368. The molecular weight excluding hydrogens is 362 g/mol. The number of aromatic nitrogens is 4. The molecule has 2 atom stereocenters. The van der Waals surface area contributed by atoms with Crippen LogP contribution < -0.4 is 0 Å². The van der Waals surface area contributed by atoms with Gasteiger partial charge < -0.3 is 9.64 Å². The van der Waals surface area contributed by atoms with Crippen LogP contribution in [0, 0.1) is 0 Å². The molecule has 1 fully saturated rings. The molecule has 0 saturated carbocycles. The van der Waals surface area contributed by atoms with Crippen molar-refractivity contribution >= 4 is 28.7 Å². The smallest absolute Gasteiger partial charge is 0.233 e. The van der Waals surface area contributed by atoms with E-state index in [9.17, 15) is 4.79 Å². The lowest BCUT2D eigenvalue weighted by molar-refractivity contribution is -0.140. The van der Waals surface area contributed by atoms with Crippen LogP contribution in [0.2, 0.25) is 0 Å². The van der Waals surface area contributed by atoms with Crippen molar-refractivity contribution in [3.63, 3.8) is 0 Å². The average Bonchev–Trinajstić information content (AvgIpc) is 3.10. The second-order valence-electron chi connectivity index (χ2n) is 6.65. The summed E-state index contributed by atoms with van der Waals surface area (Å²) in [6.07, 6.45) is 3.42. The molecule has 1 aromatic carbocycles. The topological polar surface area (TPSA) is 73.1 Å². The van der Waals surface area contributed by atoms with Crippen molar-refractivity contribution in [3.8, 4) is 5.69 Å². The molecule has 1 saturated heterocycles. The van der Waals surface area contributed by atoms with E-state index in [0.717, 1.165) is 21.7 Å². The Balaban J connectivity index is 1.51. The summed E-state index contributed by atoms with van der Waals surface area (Å²) in [6.45, 7) is 5.26.